The van der Waals surface area contributed by atoms with Crippen molar-refractivity contribution < 1.29 is 32.9 Å². The lowest BCUT2D eigenvalue weighted by Crippen LogP contribution is -2.40. The van der Waals surface area contributed by atoms with Gasteiger partial charge in [-0.15, -0.1) is 6.42 Å². The number of carboxylic acids is 1. The van der Waals surface area contributed by atoms with Gasteiger partial charge in [-0.1, -0.05) is 17.5 Å². The molecule has 4 nitrogen and oxygen atoms in total. The predicted octanol–water partition coefficient (Wildman–Crippen LogP) is 3.11. The third-order valence-corrected chi connectivity index (χ3v) is 2.89. The molecule has 0 radical (unpaired) electrons. The van der Waals surface area contributed by atoms with Gasteiger partial charge >= 0.3 is 12.1 Å². The topological polar surface area (TPSA) is 66.8 Å². The molecule has 0 unspecified atom stereocenters. The first kappa shape index (κ1) is 18.9. The molecule has 0 spiro atoms. The van der Waals surface area contributed by atoms with E-state index in [1.807, 2.05) is 0 Å². The molecule has 8 heteroatoms. The minimum absolute atomic E-state index is 0.100. The first-order valence-electron chi connectivity index (χ1n) is 6.24. The van der Waals surface area contributed by atoms with Crippen LogP contribution in [-0.4, -0.2) is 35.1 Å². The van der Waals surface area contributed by atoms with E-state index < -0.39 is 23.8 Å². The zero-order chi connectivity index (χ0) is 17.8. The van der Waals surface area contributed by atoms with Crippen molar-refractivity contribution in [1.29, 1.82) is 0 Å². The minimum Gasteiger partial charge on any atom is -0.478 e. The lowest BCUT2D eigenvalue weighted by Gasteiger charge is -2.27. The molecule has 0 fully saturated rings. The molecule has 1 aromatic carbocycles. The Kier molecular flexibility index (Phi) is 6.07. The van der Waals surface area contributed by atoms with E-state index in [1.165, 1.54) is 12.1 Å². The van der Waals surface area contributed by atoms with Gasteiger partial charge in [-0.2, -0.15) is 13.2 Å². The van der Waals surface area contributed by atoms with Gasteiger partial charge in [0.1, 0.15) is 5.75 Å². The maximum Gasteiger partial charge on any atom is 0.430 e. The fraction of sp³-hybridized carbons (Fsp3) is 0.267. The molecule has 0 saturated heterocycles. The number of ether oxygens (including phenoxy) is 1. The monoisotopic (exact) mass is 348 g/mol. The highest BCUT2D eigenvalue weighted by Crippen LogP contribution is 2.41. The van der Waals surface area contributed by atoms with Crippen LogP contribution in [0.25, 0.3) is 6.08 Å². The fourth-order valence-corrected chi connectivity index (χ4v) is 2.04. The van der Waals surface area contributed by atoms with Crippen molar-refractivity contribution in [2.45, 2.75) is 19.2 Å². The highest BCUT2D eigenvalue weighted by molar-refractivity contribution is 6.32. The van der Waals surface area contributed by atoms with Crippen LogP contribution in [-0.2, 0) is 4.79 Å². The van der Waals surface area contributed by atoms with Gasteiger partial charge in [0.25, 0.3) is 0 Å². The smallest absolute Gasteiger partial charge is 0.430 e. The van der Waals surface area contributed by atoms with Gasteiger partial charge in [-0.05, 0) is 25.1 Å². The number of fused-ring (bicyclic) bond motifs is 1. The summed E-state index contributed by atoms with van der Waals surface area (Å²) in [6.45, 7) is 1.93. The largest absolute Gasteiger partial charge is 0.478 e. The maximum absolute atomic E-state index is 12.8. The van der Waals surface area contributed by atoms with Crippen molar-refractivity contribution in [2.75, 3.05) is 6.61 Å². The van der Waals surface area contributed by atoms with Crippen LogP contribution in [0, 0.1) is 12.3 Å². The number of aliphatic carboxylic acids is 1. The van der Waals surface area contributed by atoms with Gasteiger partial charge in [-0.3, -0.25) is 0 Å². The second-order valence-corrected chi connectivity index (χ2v) is 4.69. The number of aliphatic hydroxyl groups is 1. The van der Waals surface area contributed by atoms with Crippen LogP contribution >= 0.6 is 11.6 Å². The standard InChI is InChI=1S/C13H6ClF3O3.C2H6O/c1-2-6-3-7-5-8(12(18)19)11(13(15,16)17)20-10(7)9(14)4-6;1-2-3/h1,3-5,11H,(H,18,19);3H,2H2,1H3/t11-;/m0./s1. The normalized spacial score (nSPS) is 16.0. The highest BCUT2D eigenvalue weighted by atomic mass is 35.5. The summed E-state index contributed by atoms with van der Waals surface area (Å²) in [6.07, 6.45) is -1.39. The average molecular weight is 349 g/mol. The van der Waals surface area contributed by atoms with Crippen molar-refractivity contribution in [3.8, 4) is 18.1 Å². The summed E-state index contributed by atoms with van der Waals surface area (Å²) in [4.78, 5) is 10.9. The summed E-state index contributed by atoms with van der Waals surface area (Å²) in [5.74, 6) is 0.305. The maximum atomic E-state index is 12.8. The van der Waals surface area contributed by atoms with Crippen LogP contribution in [0.3, 0.4) is 0 Å². The van der Waals surface area contributed by atoms with E-state index in [4.69, 9.17) is 33.0 Å². The minimum atomic E-state index is -4.87. The molecule has 0 bridgehead atoms. The summed E-state index contributed by atoms with van der Waals surface area (Å²) in [5, 5.41) is 16.3. The van der Waals surface area contributed by atoms with Crippen molar-refractivity contribution in [1.82, 2.24) is 0 Å². The van der Waals surface area contributed by atoms with Crippen molar-refractivity contribution in [3.63, 3.8) is 0 Å². The summed E-state index contributed by atoms with van der Waals surface area (Å²) in [6, 6.07) is 2.60. The van der Waals surface area contributed by atoms with Crippen LogP contribution in [0.2, 0.25) is 5.02 Å². The van der Waals surface area contributed by atoms with Gasteiger partial charge in [0.05, 0.1) is 10.6 Å². The number of halogens is 4. The third-order valence-electron chi connectivity index (χ3n) is 2.61. The van der Waals surface area contributed by atoms with E-state index in [-0.39, 0.29) is 22.9 Å². The summed E-state index contributed by atoms with van der Waals surface area (Å²) >= 11 is 5.80. The molecule has 2 rings (SSSR count). The fourth-order valence-electron chi connectivity index (χ4n) is 1.77. The number of rotatable bonds is 1. The number of carboxylic acid groups (broad SMARTS) is 1. The van der Waals surface area contributed by atoms with Gasteiger partial charge < -0.3 is 14.9 Å². The Morgan fingerprint density at radius 2 is 2.04 bits per heavy atom. The van der Waals surface area contributed by atoms with E-state index in [0.717, 1.165) is 6.08 Å². The Bertz CT molecular complexity index is 675. The number of terminal acetylenes is 1. The number of aliphatic hydroxyl groups excluding tert-OH is 1. The Hall–Kier alpha value is -2.17. The van der Waals surface area contributed by atoms with Crippen LogP contribution in [0.4, 0.5) is 13.2 Å². The van der Waals surface area contributed by atoms with Gasteiger partial charge in [0, 0.05) is 17.7 Å². The van der Waals surface area contributed by atoms with Crippen LogP contribution < -0.4 is 4.74 Å². The van der Waals surface area contributed by atoms with E-state index in [9.17, 15) is 18.0 Å². The number of benzene rings is 1. The summed E-state index contributed by atoms with van der Waals surface area (Å²) < 4.78 is 43.2. The Morgan fingerprint density at radius 3 is 2.48 bits per heavy atom. The van der Waals surface area contributed by atoms with Crippen LogP contribution in [0.5, 0.6) is 5.75 Å². The molecule has 0 amide bonds. The summed E-state index contributed by atoms with van der Waals surface area (Å²) in [7, 11) is 0. The van der Waals surface area contributed by atoms with Crippen LogP contribution in [0.15, 0.2) is 17.7 Å². The third kappa shape index (κ3) is 4.41. The summed E-state index contributed by atoms with van der Waals surface area (Å²) in [5.41, 5.74) is -0.512. The highest BCUT2D eigenvalue weighted by Gasteiger charge is 2.48. The lowest BCUT2D eigenvalue weighted by molar-refractivity contribution is -0.187. The number of alkyl halides is 3. The predicted molar refractivity (Wildman–Crippen MR) is 78.2 cm³/mol. The Morgan fingerprint density at radius 1 is 1.48 bits per heavy atom. The molecule has 23 heavy (non-hydrogen) atoms. The lowest BCUT2D eigenvalue weighted by atomic mass is 9.99. The zero-order valence-corrected chi connectivity index (χ0v) is 12.6. The van der Waals surface area contributed by atoms with Crippen molar-refractivity contribution in [3.05, 3.63) is 33.9 Å². The van der Waals surface area contributed by atoms with Gasteiger partial charge in [-0.25, -0.2) is 4.79 Å². The zero-order valence-electron chi connectivity index (χ0n) is 11.8. The molecule has 1 aliphatic rings. The van der Waals surface area contributed by atoms with E-state index in [2.05, 4.69) is 5.92 Å². The molecule has 2 N–H and O–H groups in total. The SMILES string of the molecule is C#Cc1cc(Cl)c2c(c1)C=C(C(=O)O)[C@@H](C(F)(F)F)O2.CCO. The quantitative estimate of drug-likeness (QED) is 0.765. The second-order valence-electron chi connectivity index (χ2n) is 4.28. The average Bonchev–Trinajstić information content (AvgIpc) is 2.45. The van der Waals surface area contributed by atoms with Crippen molar-refractivity contribution in [2.24, 2.45) is 0 Å². The number of carbonyl (C=O) groups is 1. The molecule has 124 valence electrons. The van der Waals surface area contributed by atoms with E-state index in [0.29, 0.717) is 5.56 Å². The first-order valence-corrected chi connectivity index (χ1v) is 6.62. The molecule has 1 atom stereocenters. The van der Waals surface area contributed by atoms with Gasteiger partial charge in [0.2, 0.25) is 6.10 Å². The molecular formula is C15H12ClF3O4. The first-order chi connectivity index (χ1) is 10.6. The van der Waals surface area contributed by atoms with E-state index in [1.54, 1.807) is 6.92 Å². The van der Waals surface area contributed by atoms with Gasteiger partial charge in [0.15, 0.2) is 0 Å². The Balaban J connectivity index is 0.000000816. The molecule has 0 saturated carbocycles. The molecule has 1 aliphatic heterocycles. The molecule has 1 aromatic rings. The molecular weight excluding hydrogens is 337 g/mol. The Labute approximate surface area is 135 Å². The second kappa shape index (κ2) is 7.40. The number of hydrogen-bond donors (Lipinski definition) is 2. The number of hydrogen-bond acceptors (Lipinski definition) is 3. The molecule has 0 aliphatic carbocycles. The molecule has 0 aromatic heterocycles. The van der Waals surface area contributed by atoms with E-state index >= 15 is 0 Å². The van der Waals surface area contributed by atoms with Crippen LogP contribution in [0.1, 0.15) is 18.1 Å². The molecule has 1 heterocycles. The van der Waals surface area contributed by atoms with Crippen molar-refractivity contribution >= 4 is 23.6 Å².